The number of phosphoric acid groups is 2. The monoisotopic (exact) mass is 1510 g/mol. The van der Waals surface area contributed by atoms with Gasteiger partial charge in [0.15, 0.2) is 12.2 Å². The fourth-order valence-electron chi connectivity index (χ4n) is 13.0. The van der Waals surface area contributed by atoms with Crippen LogP contribution in [0.3, 0.4) is 0 Å². The van der Waals surface area contributed by atoms with E-state index in [4.69, 9.17) is 37.0 Å². The highest BCUT2D eigenvalue weighted by Crippen LogP contribution is 2.45. The van der Waals surface area contributed by atoms with Gasteiger partial charge >= 0.3 is 39.5 Å². The highest BCUT2D eigenvalue weighted by molar-refractivity contribution is 7.47. The molecule has 0 aromatic carbocycles. The lowest BCUT2D eigenvalue weighted by atomic mass is 10.00. The molecule has 6 atom stereocenters. The van der Waals surface area contributed by atoms with Crippen LogP contribution in [0.5, 0.6) is 0 Å². The molecule has 0 aliphatic rings. The molecule has 0 amide bonds. The molecule has 0 rings (SSSR count). The molecule has 3 unspecified atom stereocenters. The summed E-state index contributed by atoms with van der Waals surface area (Å²) in [6.07, 6.45) is 64.0. The van der Waals surface area contributed by atoms with Crippen LogP contribution in [-0.4, -0.2) is 96.7 Å². The van der Waals surface area contributed by atoms with Crippen molar-refractivity contribution in [2.75, 3.05) is 39.6 Å². The second-order valence-corrected chi connectivity index (χ2v) is 34.3. The zero-order valence-corrected chi connectivity index (χ0v) is 69.6. The van der Waals surface area contributed by atoms with E-state index in [0.717, 1.165) is 114 Å². The molecule has 0 saturated carbocycles. The lowest BCUT2D eigenvalue weighted by molar-refractivity contribution is -0.161. The van der Waals surface area contributed by atoms with Crippen molar-refractivity contribution in [3.63, 3.8) is 0 Å². The molecule has 0 aromatic rings. The van der Waals surface area contributed by atoms with Gasteiger partial charge in [-0.1, -0.05) is 389 Å². The lowest BCUT2D eigenvalue weighted by Gasteiger charge is -2.21. The minimum atomic E-state index is -4.96. The fraction of sp³-hybridized carbons (Fsp3) is 0.952. The van der Waals surface area contributed by atoms with Crippen LogP contribution in [0, 0.1) is 17.8 Å². The van der Waals surface area contributed by atoms with Gasteiger partial charge < -0.3 is 33.8 Å². The summed E-state index contributed by atoms with van der Waals surface area (Å²) < 4.78 is 68.8. The number of ether oxygens (including phenoxy) is 4. The standard InChI is InChI=1S/C84H164O17P2/c1-8-10-11-12-13-14-15-16-17-18-19-20-21-22-23-24-27-34-39-44-53-60-67-83(88)100-79(71-94-81(86)65-58-51-43-38-33-28-25-26-31-36-41-48-55-62-75(3)4)73-98-102(90,91)96-69-78(85)70-97-103(92,93)99-74-80(72-95-82(87)66-59-52-47-46-50-57-64-77(7)9-2)101-84(89)68-61-54-45-40-35-30-29-32-37-42-49-56-63-76(5)6/h75-80,85H,8-74H2,1-7H3,(H,90,91)(H,92,93)/t77?,78-,79-,80-/m1/s1. The Balaban J connectivity index is 5.22. The third-order valence-corrected chi connectivity index (χ3v) is 21.9. The van der Waals surface area contributed by atoms with Crippen molar-refractivity contribution in [3.05, 3.63) is 0 Å². The van der Waals surface area contributed by atoms with Gasteiger partial charge in [-0.3, -0.25) is 37.3 Å². The molecule has 0 aliphatic heterocycles. The molecule has 0 bridgehead atoms. The zero-order chi connectivity index (χ0) is 75.8. The topological polar surface area (TPSA) is 237 Å². The van der Waals surface area contributed by atoms with Gasteiger partial charge in [0.1, 0.15) is 19.3 Å². The number of carbonyl (C=O) groups is 4. The van der Waals surface area contributed by atoms with Gasteiger partial charge in [0.05, 0.1) is 26.4 Å². The molecule has 0 heterocycles. The second-order valence-electron chi connectivity index (χ2n) is 31.4. The third-order valence-electron chi connectivity index (χ3n) is 20.0. The summed E-state index contributed by atoms with van der Waals surface area (Å²) in [5.74, 6) is 0.189. The van der Waals surface area contributed by atoms with E-state index in [1.54, 1.807) is 0 Å². The normalized spacial score (nSPS) is 14.2. The lowest BCUT2D eigenvalue weighted by Crippen LogP contribution is -2.30. The largest absolute Gasteiger partial charge is 0.472 e. The summed E-state index contributed by atoms with van der Waals surface area (Å²) in [7, 11) is -9.93. The van der Waals surface area contributed by atoms with E-state index in [2.05, 4.69) is 48.5 Å². The second kappa shape index (κ2) is 74.2. The summed E-state index contributed by atoms with van der Waals surface area (Å²) in [5, 5.41) is 10.7. The van der Waals surface area contributed by atoms with Crippen LogP contribution in [-0.2, 0) is 65.4 Å². The summed E-state index contributed by atoms with van der Waals surface area (Å²) in [6.45, 7) is 11.9. The van der Waals surface area contributed by atoms with Gasteiger partial charge in [0.25, 0.3) is 0 Å². The number of aliphatic hydroxyl groups excluding tert-OH is 1. The van der Waals surface area contributed by atoms with Crippen molar-refractivity contribution in [2.24, 2.45) is 17.8 Å². The Morgan fingerprint density at radius 3 is 0.738 bits per heavy atom. The Bertz CT molecular complexity index is 1990. The van der Waals surface area contributed by atoms with Gasteiger partial charge in [-0.25, -0.2) is 9.13 Å². The van der Waals surface area contributed by atoms with Crippen molar-refractivity contribution in [1.29, 1.82) is 0 Å². The minimum Gasteiger partial charge on any atom is -0.462 e. The summed E-state index contributed by atoms with van der Waals surface area (Å²) in [5.41, 5.74) is 0. The minimum absolute atomic E-state index is 0.106. The van der Waals surface area contributed by atoms with Gasteiger partial charge in [-0.2, -0.15) is 0 Å². The Morgan fingerprint density at radius 2 is 0.495 bits per heavy atom. The molecular weight excluding hydrogens is 1340 g/mol. The van der Waals surface area contributed by atoms with Crippen LogP contribution in [0.2, 0.25) is 0 Å². The van der Waals surface area contributed by atoms with Crippen molar-refractivity contribution in [3.8, 4) is 0 Å². The van der Waals surface area contributed by atoms with Gasteiger partial charge in [0, 0.05) is 25.7 Å². The molecule has 0 radical (unpaired) electrons. The molecule has 0 spiro atoms. The van der Waals surface area contributed by atoms with Gasteiger partial charge in [0.2, 0.25) is 0 Å². The number of unbranched alkanes of at least 4 members (excludes halogenated alkanes) is 49. The maximum absolute atomic E-state index is 13.1. The maximum atomic E-state index is 13.1. The average Bonchev–Trinajstić information content (AvgIpc) is 0.921. The Labute approximate surface area is 632 Å². The predicted molar refractivity (Wildman–Crippen MR) is 423 cm³/mol. The van der Waals surface area contributed by atoms with E-state index in [1.807, 2.05) is 0 Å². The first kappa shape index (κ1) is 101. The van der Waals surface area contributed by atoms with Crippen LogP contribution >= 0.6 is 15.6 Å². The van der Waals surface area contributed by atoms with E-state index in [-0.39, 0.29) is 25.7 Å². The first-order valence-electron chi connectivity index (χ1n) is 43.4. The third kappa shape index (κ3) is 76.6. The van der Waals surface area contributed by atoms with Crippen molar-refractivity contribution >= 4 is 39.5 Å². The summed E-state index contributed by atoms with van der Waals surface area (Å²) in [4.78, 5) is 73.1. The number of rotatable bonds is 82. The van der Waals surface area contributed by atoms with Crippen LogP contribution in [0.1, 0.15) is 440 Å². The van der Waals surface area contributed by atoms with Crippen LogP contribution < -0.4 is 0 Å². The van der Waals surface area contributed by atoms with Gasteiger partial charge in [-0.15, -0.1) is 0 Å². The Kier molecular flexibility index (Phi) is 72.8. The van der Waals surface area contributed by atoms with E-state index in [0.29, 0.717) is 25.7 Å². The summed E-state index contributed by atoms with van der Waals surface area (Å²) in [6, 6.07) is 0. The predicted octanol–water partition coefficient (Wildman–Crippen LogP) is 25.3. The molecule has 3 N–H and O–H groups in total. The molecule has 612 valence electrons. The molecule has 0 fully saturated rings. The van der Waals surface area contributed by atoms with E-state index in [1.165, 1.54) is 244 Å². The molecule has 103 heavy (non-hydrogen) atoms. The number of hydrogen-bond acceptors (Lipinski definition) is 15. The molecule has 0 aliphatic carbocycles. The van der Waals surface area contributed by atoms with Gasteiger partial charge in [-0.05, 0) is 43.4 Å². The maximum Gasteiger partial charge on any atom is 0.472 e. The van der Waals surface area contributed by atoms with Crippen LogP contribution in [0.15, 0.2) is 0 Å². The van der Waals surface area contributed by atoms with Crippen molar-refractivity contribution in [1.82, 2.24) is 0 Å². The van der Waals surface area contributed by atoms with Crippen LogP contribution in [0.25, 0.3) is 0 Å². The number of hydrogen-bond donors (Lipinski definition) is 3. The first-order valence-corrected chi connectivity index (χ1v) is 46.4. The SMILES string of the molecule is CCCCCCCCCCCCCCCCCCCCCCCCC(=O)O[C@H](COC(=O)CCCCCCCCCCCCCCCC(C)C)COP(=O)(O)OC[C@@H](O)COP(=O)(O)OC[C@@H](COC(=O)CCCCCCCCC(C)CC)OC(=O)CCCCCCCCCCCCCCC(C)C. The average molecular weight is 1510 g/mol. The Morgan fingerprint density at radius 1 is 0.282 bits per heavy atom. The van der Waals surface area contributed by atoms with Crippen molar-refractivity contribution in [2.45, 2.75) is 458 Å². The van der Waals surface area contributed by atoms with E-state index >= 15 is 0 Å². The molecule has 17 nitrogen and oxygen atoms in total. The highest BCUT2D eigenvalue weighted by atomic mass is 31.2. The molecular formula is C84H164O17P2. The Hall–Kier alpha value is -1.94. The van der Waals surface area contributed by atoms with Crippen LogP contribution in [0.4, 0.5) is 0 Å². The quantitative estimate of drug-likeness (QED) is 0.0222. The number of aliphatic hydroxyl groups is 1. The first-order chi connectivity index (χ1) is 49.8. The smallest absolute Gasteiger partial charge is 0.462 e. The molecule has 0 aromatic heterocycles. The number of esters is 4. The molecule has 19 heteroatoms. The summed E-state index contributed by atoms with van der Waals surface area (Å²) >= 11 is 0. The van der Waals surface area contributed by atoms with E-state index in [9.17, 15) is 43.2 Å². The highest BCUT2D eigenvalue weighted by Gasteiger charge is 2.30. The fourth-order valence-corrected chi connectivity index (χ4v) is 14.6. The van der Waals surface area contributed by atoms with Crippen molar-refractivity contribution < 1.29 is 80.2 Å². The number of phosphoric ester groups is 2. The molecule has 0 saturated heterocycles. The van der Waals surface area contributed by atoms with E-state index < -0.39 is 97.5 Å². The zero-order valence-electron chi connectivity index (χ0n) is 67.8. The number of carbonyl (C=O) groups excluding carboxylic acids is 4.